The van der Waals surface area contributed by atoms with Crippen molar-refractivity contribution < 1.29 is 4.74 Å². The van der Waals surface area contributed by atoms with Crippen molar-refractivity contribution in [3.63, 3.8) is 0 Å². The van der Waals surface area contributed by atoms with Crippen molar-refractivity contribution in [2.24, 2.45) is 0 Å². The van der Waals surface area contributed by atoms with Crippen LogP contribution in [0.4, 0.5) is 5.69 Å². The molecule has 2 nitrogen and oxygen atoms in total. The summed E-state index contributed by atoms with van der Waals surface area (Å²) in [7, 11) is 0. The molecular weight excluding hydrogens is 410 g/mol. The second-order valence-corrected chi connectivity index (χ2v) is 7.57. The van der Waals surface area contributed by atoms with Gasteiger partial charge in [-0.05, 0) is 61.0 Å². The molecule has 0 unspecified atom stereocenters. The third-order valence-electron chi connectivity index (χ3n) is 4.11. The summed E-state index contributed by atoms with van der Waals surface area (Å²) < 4.78 is 7.21. The molecule has 0 spiro atoms. The Balaban J connectivity index is 0.000000422. The summed E-state index contributed by atoms with van der Waals surface area (Å²) >= 11 is 3.62. The van der Waals surface area contributed by atoms with Gasteiger partial charge in [0.1, 0.15) is 11.9 Å². The standard InChI is InChI=1S/C17H18BrNO.C6H10.C2H6/c1-13-6-8-14(9-7-13)20-15-10-11-19(12-15)17-5-3-2-4-16(17)18;1-4-5-6(2)3;1-2/h2-9,15H,10-12H2,1H3;4-5H,1H2,2-3H3;1-2H3/t15-;;/m1../s1. The second-order valence-electron chi connectivity index (χ2n) is 6.72. The number of allylic oxidation sites excluding steroid dienone is 3. The van der Waals surface area contributed by atoms with Crippen LogP contribution < -0.4 is 9.64 Å². The molecule has 1 fully saturated rings. The highest BCUT2D eigenvalue weighted by Gasteiger charge is 2.25. The fourth-order valence-electron chi connectivity index (χ4n) is 2.80. The van der Waals surface area contributed by atoms with Crippen molar-refractivity contribution in [1.82, 2.24) is 0 Å². The third kappa shape index (κ3) is 8.35. The normalized spacial score (nSPS) is 14.8. The number of hydrogen-bond donors (Lipinski definition) is 0. The summed E-state index contributed by atoms with van der Waals surface area (Å²) in [6.07, 6.45) is 5.09. The highest BCUT2D eigenvalue weighted by molar-refractivity contribution is 9.10. The van der Waals surface area contributed by atoms with E-state index in [9.17, 15) is 0 Å². The average Bonchev–Trinajstić information content (AvgIpc) is 3.14. The van der Waals surface area contributed by atoms with E-state index in [2.05, 4.69) is 76.8 Å². The van der Waals surface area contributed by atoms with E-state index < -0.39 is 0 Å². The number of rotatable bonds is 4. The van der Waals surface area contributed by atoms with Gasteiger partial charge in [0, 0.05) is 17.4 Å². The maximum absolute atomic E-state index is 6.06. The van der Waals surface area contributed by atoms with Crippen molar-refractivity contribution >= 4 is 21.6 Å². The second kappa shape index (κ2) is 13.2. The van der Waals surface area contributed by atoms with Gasteiger partial charge in [-0.15, -0.1) is 0 Å². The van der Waals surface area contributed by atoms with Gasteiger partial charge < -0.3 is 9.64 Å². The minimum atomic E-state index is 0.268. The van der Waals surface area contributed by atoms with E-state index in [0.29, 0.717) is 0 Å². The van der Waals surface area contributed by atoms with Crippen LogP contribution in [0.1, 0.15) is 39.7 Å². The Morgan fingerprint density at radius 2 is 1.75 bits per heavy atom. The molecule has 152 valence electrons. The highest BCUT2D eigenvalue weighted by atomic mass is 79.9. The van der Waals surface area contributed by atoms with Crippen molar-refractivity contribution in [2.75, 3.05) is 18.0 Å². The summed E-state index contributed by atoms with van der Waals surface area (Å²) in [5.74, 6) is 0.967. The van der Waals surface area contributed by atoms with Crippen LogP contribution in [-0.2, 0) is 0 Å². The molecule has 3 heteroatoms. The summed E-state index contributed by atoms with van der Waals surface area (Å²) in [5, 5.41) is 0. The molecule has 1 aliphatic rings. The van der Waals surface area contributed by atoms with Gasteiger partial charge in [0.15, 0.2) is 0 Å². The summed E-state index contributed by atoms with van der Waals surface area (Å²) in [6, 6.07) is 16.7. The van der Waals surface area contributed by atoms with E-state index >= 15 is 0 Å². The molecule has 2 aromatic carbocycles. The lowest BCUT2D eigenvalue weighted by Gasteiger charge is -2.20. The zero-order valence-corrected chi connectivity index (χ0v) is 19.5. The first kappa shape index (κ1) is 24.0. The van der Waals surface area contributed by atoms with Gasteiger partial charge in [0.2, 0.25) is 0 Å². The summed E-state index contributed by atoms with van der Waals surface area (Å²) in [5.41, 5.74) is 3.81. The molecule has 0 saturated carbocycles. The maximum Gasteiger partial charge on any atom is 0.119 e. The first-order chi connectivity index (χ1) is 13.5. The van der Waals surface area contributed by atoms with Crippen molar-refractivity contribution in [3.05, 3.63) is 82.9 Å². The van der Waals surface area contributed by atoms with Crippen molar-refractivity contribution in [2.45, 2.75) is 47.1 Å². The van der Waals surface area contributed by atoms with Gasteiger partial charge >= 0.3 is 0 Å². The van der Waals surface area contributed by atoms with E-state index in [1.165, 1.54) is 16.8 Å². The highest BCUT2D eigenvalue weighted by Crippen LogP contribution is 2.29. The molecule has 1 heterocycles. The number of anilines is 1. The van der Waals surface area contributed by atoms with Gasteiger partial charge in [-0.2, -0.15) is 0 Å². The Bertz CT molecular complexity index is 732. The number of benzene rings is 2. The first-order valence-corrected chi connectivity index (χ1v) is 10.8. The van der Waals surface area contributed by atoms with Crippen LogP contribution in [0.15, 0.2) is 77.3 Å². The molecule has 0 bridgehead atoms. The lowest BCUT2D eigenvalue weighted by atomic mass is 10.2. The van der Waals surface area contributed by atoms with E-state index in [1.54, 1.807) is 6.08 Å². The van der Waals surface area contributed by atoms with Gasteiger partial charge in [-0.1, -0.05) is 68.0 Å². The minimum Gasteiger partial charge on any atom is -0.489 e. The van der Waals surface area contributed by atoms with Gasteiger partial charge in [0.05, 0.1) is 12.2 Å². The van der Waals surface area contributed by atoms with Crippen LogP contribution >= 0.6 is 15.9 Å². The SMILES string of the molecule is C=CC=C(C)C.CC.Cc1ccc(O[C@@H]2CCN(c3ccccc3Br)C2)cc1. The molecule has 2 aromatic rings. The Kier molecular flexibility index (Phi) is 11.4. The summed E-state index contributed by atoms with van der Waals surface area (Å²) in [6.45, 7) is 15.7. The molecule has 1 saturated heterocycles. The van der Waals surface area contributed by atoms with Gasteiger partial charge in [0.25, 0.3) is 0 Å². The van der Waals surface area contributed by atoms with E-state index in [0.717, 1.165) is 29.7 Å². The quantitative estimate of drug-likeness (QED) is 0.451. The fraction of sp³-hybridized carbons (Fsp3) is 0.360. The van der Waals surface area contributed by atoms with E-state index in [1.807, 2.05) is 39.8 Å². The molecule has 0 aliphatic carbocycles. The molecule has 28 heavy (non-hydrogen) atoms. The predicted octanol–water partition coefficient (Wildman–Crippen LogP) is 7.58. The maximum atomic E-state index is 6.06. The Hall–Kier alpha value is -2.00. The summed E-state index contributed by atoms with van der Waals surface area (Å²) in [4.78, 5) is 2.38. The van der Waals surface area contributed by atoms with E-state index in [-0.39, 0.29) is 6.10 Å². The number of para-hydroxylation sites is 1. The predicted molar refractivity (Wildman–Crippen MR) is 128 cm³/mol. The number of aryl methyl sites for hydroxylation is 1. The number of hydrogen-bond acceptors (Lipinski definition) is 2. The smallest absolute Gasteiger partial charge is 0.119 e. The monoisotopic (exact) mass is 443 g/mol. The average molecular weight is 444 g/mol. The van der Waals surface area contributed by atoms with Gasteiger partial charge in [-0.25, -0.2) is 0 Å². The van der Waals surface area contributed by atoms with Crippen LogP contribution in [0, 0.1) is 6.92 Å². The molecule has 3 rings (SSSR count). The zero-order chi connectivity index (χ0) is 20.9. The largest absolute Gasteiger partial charge is 0.489 e. The molecular formula is C25H34BrNO. The van der Waals surface area contributed by atoms with Crippen molar-refractivity contribution in [1.29, 1.82) is 0 Å². The Morgan fingerprint density at radius 3 is 2.29 bits per heavy atom. The zero-order valence-electron chi connectivity index (χ0n) is 17.9. The minimum absolute atomic E-state index is 0.268. The van der Waals surface area contributed by atoms with Gasteiger partial charge in [-0.3, -0.25) is 0 Å². The number of ether oxygens (including phenoxy) is 1. The van der Waals surface area contributed by atoms with Crippen LogP contribution in [0.5, 0.6) is 5.75 Å². The van der Waals surface area contributed by atoms with Crippen molar-refractivity contribution in [3.8, 4) is 5.75 Å². The first-order valence-electron chi connectivity index (χ1n) is 9.98. The van der Waals surface area contributed by atoms with Crippen LogP contribution in [0.25, 0.3) is 0 Å². The van der Waals surface area contributed by atoms with E-state index in [4.69, 9.17) is 4.74 Å². The molecule has 1 atom stereocenters. The lowest BCUT2D eigenvalue weighted by Crippen LogP contribution is -2.24. The number of nitrogens with zero attached hydrogens (tertiary/aromatic N) is 1. The van der Waals surface area contributed by atoms with Crippen LogP contribution in [0.3, 0.4) is 0 Å². The Morgan fingerprint density at radius 1 is 1.11 bits per heavy atom. The third-order valence-corrected chi connectivity index (χ3v) is 4.78. The molecule has 0 N–H and O–H groups in total. The topological polar surface area (TPSA) is 12.5 Å². The molecule has 0 radical (unpaired) electrons. The van der Waals surface area contributed by atoms with Crippen LogP contribution in [-0.4, -0.2) is 19.2 Å². The molecule has 0 amide bonds. The number of halogens is 1. The molecule has 0 aromatic heterocycles. The van der Waals surface area contributed by atoms with Crippen LogP contribution in [0.2, 0.25) is 0 Å². The lowest BCUT2D eigenvalue weighted by molar-refractivity contribution is 0.225. The Labute approximate surface area is 180 Å². The molecule has 1 aliphatic heterocycles. The fourth-order valence-corrected chi connectivity index (χ4v) is 3.33.